The van der Waals surface area contributed by atoms with Crippen LogP contribution in [0.25, 0.3) is 11.3 Å². The number of benzene rings is 2. The van der Waals surface area contributed by atoms with Gasteiger partial charge >= 0.3 is 0 Å². The van der Waals surface area contributed by atoms with Crippen LogP contribution in [-0.2, 0) is 0 Å². The number of carbonyl (C=O) groups is 1. The molecule has 3 aromatic rings. The molecule has 0 unspecified atom stereocenters. The SMILES string of the molecule is COc1ccc(Cl)cc1NC(=O)c1cc(-c2ccc(Cl)cc2)on1. The second kappa shape index (κ2) is 6.95. The van der Waals surface area contributed by atoms with Gasteiger partial charge in [-0.15, -0.1) is 0 Å². The van der Waals surface area contributed by atoms with Crippen LogP contribution in [0, 0.1) is 0 Å². The van der Waals surface area contributed by atoms with Crippen molar-refractivity contribution in [3.8, 4) is 17.1 Å². The highest BCUT2D eigenvalue weighted by Crippen LogP contribution is 2.28. The predicted octanol–water partition coefficient (Wildman–Crippen LogP) is 4.91. The number of rotatable bonds is 4. The average Bonchev–Trinajstić information content (AvgIpc) is 3.06. The number of amides is 1. The smallest absolute Gasteiger partial charge is 0.277 e. The number of hydrogen-bond donors (Lipinski definition) is 1. The van der Waals surface area contributed by atoms with Gasteiger partial charge in [-0.25, -0.2) is 0 Å². The van der Waals surface area contributed by atoms with Gasteiger partial charge in [-0.2, -0.15) is 0 Å². The molecule has 7 heteroatoms. The molecule has 24 heavy (non-hydrogen) atoms. The van der Waals surface area contributed by atoms with Crippen molar-refractivity contribution >= 4 is 34.8 Å². The number of nitrogens with zero attached hydrogens (tertiary/aromatic N) is 1. The van der Waals surface area contributed by atoms with Crippen LogP contribution in [0.5, 0.6) is 5.75 Å². The Labute approximate surface area is 148 Å². The Morgan fingerprint density at radius 3 is 2.50 bits per heavy atom. The van der Waals surface area contributed by atoms with Gasteiger partial charge in [0.2, 0.25) is 0 Å². The van der Waals surface area contributed by atoms with Crippen molar-refractivity contribution in [3.05, 3.63) is 64.3 Å². The number of halogens is 2. The Morgan fingerprint density at radius 2 is 1.79 bits per heavy atom. The molecule has 0 spiro atoms. The van der Waals surface area contributed by atoms with Crippen LogP contribution in [0.15, 0.2) is 53.1 Å². The summed E-state index contributed by atoms with van der Waals surface area (Å²) in [6.45, 7) is 0. The van der Waals surface area contributed by atoms with Crippen LogP contribution in [0.1, 0.15) is 10.5 Å². The average molecular weight is 363 g/mol. The van der Waals surface area contributed by atoms with E-state index in [1.165, 1.54) is 7.11 Å². The van der Waals surface area contributed by atoms with Crippen molar-refractivity contribution in [1.29, 1.82) is 0 Å². The van der Waals surface area contributed by atoms with E-state index in [2.05, 4.69) is 10.5 Å². The molecule has 1 heterocycles. The first-order valence-electron chi connectivity index (χ1n) is 6.94. The molecule has 0 saturated heterocycles. The monoisotopic (exact) mass is 362 g/mol. The molecule has 122 valence electrons. The minimum Gasteiger partial charge on any atom is -0.495 e. The van der Waals surface area contributed by atoms with E-state index in [0.29, 0.717) is 27.2 Å². The van der Waals surface area contributed by atoms with Gasteiger partial charge < -0.3 is 14.6 Å². The third-order valence-electron chi connectivity index (χ3n) is 3.28. The standard InChI is InChI=1S/C17H12Cl2N2O3/c1-23-15-7-6-12(19)8-13(15)20-17(22)14-9-16(24-21-14)10-2-4-11(18)5-3-10/h2-9H,1H3,(H,20,22). The van der Waals surface area contributed by atoms with Gasteiger partial charge in [0.05, 0.1) is 12.8 Å². The fourth-order valence-electron chi connectivity index (χ4n) is 2.10. The van der Waals surface area contributed by atoms with Gasteiger partial charge in [0, 0.05) is 21.7 Å². The molecule has 0 bridgehead atoms. The molecule has 0 saturated carbocycles. The summed E-state index contributed by atoms with van der Waals surface area (Å²) in [5.41, 5.74) is 1.36. The van der Waals surface area contributed by atoms with Gasteiger partial charge in [0.25, 0.3) is 5.91 Å². The van der Waals surface area contributed by atoms with Gasteiger partial charge in [0.15, 0.2) is 11.5 Å². The number of carbonyl (C=O) groups excluding carboxylic acids is 1. The van der Waals surface area contributed by atoms with Crippen molar-refractivity contribution in [1.82, 2.24) is 5.16 Å². The molecular formula is C17H12Cl2N2O3. The Balaban J connectivity index is 1.81. The molecule has 1 N–H and O–H groups in total. The summed E-state index contributed by atoms with van der Waals surface area (Å²) >= 11 is 11.8. The zero-order valence-corrected chi connectivity index (χ0v) is 14.1. The number of methoxy groups -OCH3 is 1. The topological polar surface area (TPSA) is 64.4 Å². The van der Waals surface area contributed by atoms with Gasteiger partial charge in [-0.05, 0) is 42.5 Å². The van der Waals surface area contributed by atoms with Crippen molar-refractivity contribution in [2.45, 2.75) is 0 Å². The zero-order valence-electron chi connectivity index (χ0n) is 12.5. The number of hydrogen-bond acceptors (Lipinski definition) is 4. The third-order valence-corrected chi connectivity index (χ3v) is 3.77. The fraction of sp³-hybridized carbons (Fsp3) is 0.0588. The highest BCUT2D eigenvalue weighted by atomic mass is 35.5. The Bertz CT molecular complexity index is 876. The van der Waals surface area contributed by atoms with Gasteiger partial charge in [-0.1, -0.05) is 28.4 Å². The summed E-state index contributed by atoms with van der Waals surface area (Å²) in [5, 5.41) is 7.59. The fourth-order valence-corrected chi connectivity index (χ4v) is 2.39. The summed E-state index contributed by atoms with van der Waals surface area (Å²) in [6, 6.07) is 13.5. The molecule has 1 amide bonds. The van der Waals surface area contributed by atoms with E-state index < -0.39 is 5.91 Å². The van der Waals surface area contributed by atoms with Crippen LogP contribution in [0.3, 0.4) is 0 Å². The van der Waals surface area contributed by atoms with E-state index in [1.54, 1.807) is 48.5 Å². The summed E-state index contributed by atoms with van der Waals surface area (Å²) < 4.78 is 10.4. The lowest BCUT2D eigenvalue weighted by atomic mass is 10.1. The molecule has 0 atom stereocenters. The van der Waals surface area contributed by atoms with Crippen LogP contribution in [0.4, 0.5) is 5.69 Å². The quantitative estimate of drug-likeness (QED) is 0.715. The van der Waals surface area contributed by atoms with Crippen molar-refractivity contribution in [2.75, 3.05) is 12.4 Å². The lowest BCUT2D eigenvalue weighted by molar-refractivity contribution is 0.101. The maximum Gasteiger partial charge on any atom is 0.277 e. The van der Waals surface area contributed by atoms with E-state index in [4.69, 9.17) is 32.5 Å². The van der Waals surface area contributed by atoms with Crippen LogP contribution >= 0.6 is 23.2 Å². The van der Waals surface area contributed by atoms with E-state index in [1.807, 2.05) is 0 Å². The zero-order chi connectivity index (χ0) is 17.1. The maximum absolute atomic E-state index is 12.3. The van der Waals surface area contributed by atoms with E-state index in [9.17, 15) is 4.79 Å². The maximum atomic E-state index is 12.3. The van der Waals surface area contributed by atoms with Gasteiger partial charge in [-0.3, -0.25) is 4.79 Å². The Kier molecular flexibility index (Phi) is 4.74. The lowest BCUT2D eigenvalue weighted by Crippen LogP contribution is -2.12. The third kappa shape index (κ3) is 3.53. The lowest BCUT2D eigenvalue weighted by Gasteiger charge is -2.09. The first-order chi connectivity index (χ1) is 11.6. The Morgan fingerprint density at radius 1 is 1.08 bits per heavy atom. The first kappa shape index (κ1) is 16.4. The number of ether oxygens (including phenoxy) is 1. The number of aromatic nitrogens is 1. The normalized spacial score (nSPS) is 10.5. The minimum absolute atomic E-state index is 0.141. The van der Waals surface area contributed by atoms with E-state index >= 15 is 0 Å². The number of nitrogens with one attached hydrogen (secondary N) is 1. The predicted molar refractivity (Wildman–Crippen MR) is 92.9 cm³/mol. The van der Waals surface area contributed by atoms with Crippen LogP contribution in [-0.4, -0.2) is 18.2 Å². The summed E-state index contributed by atoms with van der Waals surface area (Å²) in [4.78, 5) is 12.3. The van der Waals surface area contributed by atoms with E-state index in [-0.39, 0.29) is 5.69 Å². The minimum atomic E-state index is -0.431. The molecule has 0 aliphatic rings. The van der Waals surface area contributed by atoms with Crippen molar-refractivity contribution in [3.63, 3.8) is 0 Å². The van der Waals surface area contributed by atoms with Gasteiger partial charge in [0.1, 0.15) is 5.75 Å². The molecular weight excluding hydrogens is 351 g/mol. The molecule has 0 aliphatic carbocycles. The van der Waals surface area contributed by atoms with Crippen LogP contribution < -0.4 is 10.1 Å². The molecule has 0 aliphatic heterocycles. The summed E-state index contributed by atoms with van der Waals surface area (Å²) in [7, 11) is 1.51. The Hall–Kier alpha value is -2.50. The highest BCUT2D eigenvalue weighted by molar-refractivity contribution is 6.31. The highest BCUT2D eigenvalue weighted by Gasteiger charge is 2.16. The number of anilines is 1. The van der Waals surface area contributed by atoms with Crippen molar-refractivity contribution < 1.29 is 14.1 Å². The molecule has 3 rings (SSSR count). The van der Waals surface area contributed by atoms with E-state index in [0.717, 1.165) is 5.56 Å². The molecule has 0 radical (unpaired) electrons. The largest absolute Gasteiger partial charge is 0.495 e. The summed E-state index contributed by atoms with van der Waals surface area (Å²) in [5.74, 6) is 0.531. The van der Waals surface area contributed by atoms with Crippen molar-refractivity contribution in [2.24, 2.45) is 0 Å². The molecule has 1 aromatic heterocycles. The van der Waals surface area contributed by atoms with Crippen LogP contribution in [0.2, 0.25) is 10.0 Å². The second-order valence-electron chi connectivity index (χ2n) is 4.88. The molecule has 2 aromatic carbocycles. The first-order valence-corrected chi connectivity index (χ1v) is 7.70. The molecule has 5 nitrogen and oxygen atoms in total. The second-order valence-corrected chi connectivity index (χ2v) is 5.75. The molecule has 0 fully saturated rings. The summed E-state index contributed by atoms with van der Waals surface area (Å²) in [6.07, 6.45) is 0.